The van der Waals surface area contributed by atoms with E-state index in [0.717, 1.165) is 72.6 Å². The van der Waals surface area contributed by atoms with Crippen LogP contribution in [-0.4, -0.2) is 24.5 Å². The minimum Gasteiger partial charge on any atom is -0.501 e. The molecular weight excluding hydrogens is 999 g/mol. The standard InChI is InChI=1S/C45H41N4O.C15H16N.Ir/c1-27(2)36-22-31(29-14-9-8-10-15-29)23-37(28(3)4)41(36)49-39-19-12-11-18-38(39)48-43(49)35-17-13-16-34-33-21-20-30(24-40(33)50-42(34)35)32-25-46-44(47-26-32)45(5,6)7;1-15(2,3)13-9-10-14(16-11-13)12-7-5-4-6-8-12;/h8-16,18-28H,1-7H3;4-7,9-11H,1-3H3;/q2*-1;. The van der Waals surface area contributed by atoms with Crippen molar-refractivity contribution in [1.82, 2.24) is 24.5 Å². The molecule has 10 aromatic rings. The van der Waals surface area contributed by atoms with Gasteiger partial charge < -0.3 is 14.0 Å². The summed E-state index contributed by atoms with van der Waals surface area (Å²) in [5, 5.41) is 2.08. The quantitative estimate of drug-likeness (QED) is 0.149. The Labute approximate surface area is 409 Å². The Kier molecular flexibility index (Phi) is 13.3. The van der Waals surface area contributed by atoms with Gasteiger partial charge in [0.15, 0.2) is 0 Å². The summed E-state index contributed by atoms with van der Waals surface area (Å²) in [7, 11) is 0. The van der Waals surface area contributed by atoms with Gasteiger partial charge in [-0.2, -0.15) is 0 Å². The zero-order valence-electron chi connectivity index (χ0n) is 40.1. The zero-order chi connectivity index (χ0) is 46.3. The minimum atomic E-state index is -0.111. The predicted molar refractivity (Wildman–Crippen MR) is 273 cm³/mol. The van der Waals surface area contributed by atoms with Crippen LogP contribution in [0.2, 0.25) is 0 Å². The fourth-order valence-corrected chi connectivity index (χ4v) is 8.54. The number of hydrogen-bond acceptors (Lipinski definition) is 5. The third-order valence-corrected chi connectivity index (χ3v) is 12.2. The fraction of sp³-hybridized carbons (Fsp3) is 0.233. The van der Waals surface area contributed by atoms with Crippen molar-refractivity contribution in [3.8, 4) is 50.6 Å². The van der Waals surface area contributed by atoms with Crippen LogP contribution in [0.1, 0.15) is 104 Å². The van der Waals surface area contributed by atoms with Gasteiger partial charge in [0.25, 0.3) is 0 Å². The SMILES string of the molecule is CC(C)(C)c1ccc(-c2[c-]cccc2)nc1.CC(C)c1cc(-c2ccccc2)cc(C(C)C)c1-n1c(-c2[c-]ccc3c2oc2cc(-c4cnc(C(C)(C)C)nc4)ccc23)nc2ccccc21.[Ir]. The molecule has 0 aliphatic carbocycles. The maximum Gasteiger partial charge on any atom is 0.133 e. The molecule has 4 heterocycles. The summed E-state index contributed by atoms with van der Waals surface area (Å²) in [6.07, 6.45) is 5.76. The molecule has 0 aliphatic rings. The first kappa shape index (κ1) is 47.0. The van der Waals surface area contributed by atoms with E-state index in [-0.39, 0.29) is 42.8 Å². The molecular formula is C60H57IrN5O-2. The molecule has 0 unspecified atom stereocenters. The van der Waals surface area contributed by atoms with Crippen LogP contribution in [-0.2, 0) is 30.9 Å². The van der Waals surface area contributed by atoms with Crippen molar-refractivity contribution in [2.45, 2.75) is 91.9 Å². The van der Waals surface area contributed by atoms with Crippen LogP contribution < -0.4 is 0 Å². The van der Waals surface area contributed by atoms with Crippen LogP contribution in [0.4, 0.5) is 0 Å². The van der Waals surface area contributed by atoms with Crippen LogP contribution in [0.15, 0.2) is 156 Å². The van der Waals surface area contributed by atoms with Gasteiger partial charge in [-0.15, -0.1) is 54.1 Å². The van der Waals surface area contributed by atoms with Crippen molar-refractivity contribution in [2.24, 2.45) is 0 Å². The number of hydrogen-bond donors (Lipinski definition) is 0. The molecule has 0 N–H and O–H groups in total. The number of rotatable bonds is 7. The van der Waals surface area contributed by atoms with Crippen molar-refractivity contribution in [1.29, 1.82) is 0 Å². The van der Waals surface area contributed by atoms with E-state index in [1.54, 1.807) is 0 Å². The smallest absolute Gasteiger partial charge is 0.133 e. The number of para-hydroxylation sites is 2. The summed E-state index contributed by atoms with van der Waals surface area (Å²) in [5.41, 5.74) is 15.9. The van der Waals surface area contributed by atoms with Crippen LogP contribution in [0, 0.1) is 12.1 Å². The van der Waals surface area contributed by atoms with Crippen LogP contribution in [0.25, 0.3) is 83.6 Å². The van der Waals surface area contributed by atoms with Gasteiger partial charge in [-0.25, -0.2) is 9.97 Å². The summed E-state index contributed by atoms with van der Waals surface area (Å²) in [5.74, 6) is 2.18. The van der Waals surface area contributed by atoms with Crippen molar-refractivity contribution < 1.29 is 24.5 Å². The van der Waals surface area contributed by atoms with E-state index >= 15 is 0 Å². The second-order valence-electron chi connectivity index (χ2n) is 19.9. The third kappa shape index (κ3) is 9.54. The molecule has 6 aromatic carbocycles. The Hall–Kier alpha value is -6.53. The Balaban J connectivity index is 0.000000303. The van der Waals surface area contributed by atoms with Gasteiger partial charge >= 0.3 is 0 Å². The average Bonchev–Trinajstić information content (AvgIpc) is 3.90. The predicted octanol–water partition coefficient (Wildman–Crippen LogP) is 15.9. The topological polar surface area (TPSA) is 69.6 Å². The largest absolute Gasteiger partial charge is 0.501 e. The first-order valence-corrected chi connectivity index (χ1v) is 23.0. The fourth-order valence-electron chi connectivity index (χ4n) is 8.54. The molecule has 0 fully saturated rings. The minimum absolute atomic E-state index is 0. The van der Waals surface area contributed by atoms with Gasteiger partial charge in [0.05, 0.1) is 22.4 Å². The van der Waals surface area contributed by atoms with Crippen molar-refractivity contribution in [3.63, 3.8) is 0 Å². The molecule has 339 valence electrons. The summed E-state index contributed by atoms with van der Waals surface area (Å²) in [4.78, 5) is 19.1. The molecule has 0 saturated carbocycles. The first-order valence-electron chi connectivity index (χ1n) is 23.0. The second kappa shape index (κ2) is 19.0. The van der Waals surface area contributed by atoms with E-state index in [4.69, 9.17) is 9.40 Å². The van der Waals surface area contributed by atoms with Gasteiger partial charge in [-0.3, -0.25) is 4.98 Å². The first-order chi connectivity index (χ1) is 31.7. The molecule has 67 heavy (non-hydrogen) atoms. The van der Waals surface area contributed by atoms with Gasteiger partial charge in [0.2, 0.25) is 0 Å². The Morgan fingerprint density at radius 2 is 1.25 bits per heavy atom. The molecule has 1 radical (unpaired) electrons. The molecule has 4 aromatic heterocycles. The summed E-state index contributed by atoms with van der Waals surface area (Å²) in [6, 6.07) is 53.1. The molecule has 0 amide bonds. The van der Waals surface area contributed by atoms with E-state index < -0.39 is 0 Å². The van der Waals surface area contributed by atoms with Crippen LogP contribution >= 0.6 is 0 Å². The normalized spacial score (nSPS) is 11.9. The van der Waals surface area contributed by atoms with Crippen LogP contribution in [0.5, 0.6) is 0 Å². The van der Waals surface area contributed by atoms with Gasteiger partial charge in [-0.05, 0) is 86.7 Å². The number of furan rings is 1. The van der Waals surface area contributed by atoms with Crippen molar-refractivity contribution in [2.75, 3.05) is 0 Å². The monoisotopic (exact) mass is 1060 g/mol. The number of aromatic nitrogens is 5. The maximum atomic E-state index is 6.77. The molecule has 0 spiro atoms. The molecule has 6 nitrogen and oxygen atoms in total. The zero-order valence-corrected chi connectivity index (χ0v) is 42.5. The molecule has 0 atom stereocenters. The van der Waals surface area contributed by atoms with Gasteiger partial charge in [-0.1, -0.05) is 147 Å². The number of nitrogens with zero attached hydrogens (tertiary/aromatic N) is 5. The molecule has 7 heteroatoms. The Morgan fingerprint density at radius 3 is 1.88 bits per heavy atom. The van der Waals surface area contributed by atoms with Gasteiger partial charge in [0.1, 0.15) is 11.4 Å². The third-order valence-electron chi connectivity index (χ3n) is 12.2. The van der Waals surface area contributed by atoms with E-state index in [0.29, 0.717) is 0 Å². The molecule has 10 rings (SSSR count). The summed E-state index contributed by atoms with van der Waals surface area (Å²) in [6.45, 7) is 22.1. The average molecular weight is 1060 g/mol. The molecule has 0 saturated heterocycles. The number of fused-ring (bicyclic) bond motifs is 4. The van der Waals surface area contributed by atoms with Crippen LogP contribution in [0.3, 0.4) is 0 Å². The number of pyridine rings is 1. The van der Waals surface area contributed by atoms with Gasteiger partial charge in [0, 0.05) is 60.7 Å². The summed E-state index contributed by atoms with van der Waals surface area (Å²) < 4.78 is 9.13. The van der Waals surface area contributed by atoms with E-state index in [2.05, 4.69) is 204 Å². The molecule has 0 bridgehead atoms. The summed E-state index contributed by atoms with van der Waals surface area (Å²) >= 11 is 0. The van der Waals surface area contributed by atoms with E-state index in [9.17, 15) is 0 Å². The molecule has 0 aliphatic heterocycles. The Bertz CT molecular complexity index is 3270. The number of imidazole rings is 1. The van der Waals surface area contributed by atoms with Crippen molar-refractivity contribution >= 4 is 33.0 Å². The second-order valence-corrected chi connectivity index (χ2v) is 19.9. The number of benzene rings is 6. The maximum absolute atomic E-state index is 6.77. The van der Waals surface area contributed by atoms with E-state index in [1.807, 2.05) is 48.9 Å². The van der Waals surface area contributed by atoms with Crippen molar-refractivity contribution in [3.05, 3.63) is 187 Å². The Morgan fingerprint density at radius 1 is 0.567 bits per heavy atom. The van der Waals surface area contributed by atoms with E-state index in [1.165, 1.54) is 33.5 Å².